The summed E-state index contributed by atoms with van der Waals surface area (Å²) in [5, 5.41) is 0. The van der Waals surface area contributed by atoms with E-state index in [0.29, 0.717) is 0 Å². The molecule has 1 unspecified atom stereocenters. The highest BCUT2D eigenvalue weighted by molar-refractivity contribution is 5.79. The third-order valence-corrected chi connectivity index (χ3v) is 2.18. The lowest BCUT2D eigenvalue weighted by Gasteiger charge is -2.14. The van der Waals surface area contributed by atoms with Gasteiger partial charge in [-0.25, -0.2) is 0 Å². The van der Waals surface area contributed by atoms with E-state index in [0.717, 1.165) is 0 Å². The fourth-order valence-corrected chi connectivity index (χ4v) is 1.37. The summed E-state index contributed by atoms with van der Waals surface area (Å²) in [6, 6.07) is 0. The molecule has 1 aromatic rings. The van der Waals surface area contributed by atoms with Gasteiger partial charge in [0.25, 0.3) is 5.43 Å². The molecular formula is C10H12O5. The molecule has 15 heavy (non-hydrogen) atoms. The number of methoxy groups -OCH3 is 1. The van der Waals surface area contributed by atoms with Crippen LogP contribution in [0.3, 0.4) is 0 Å². The van der Waals surface area contributed by atoms with E-state index in [9.17, 15) is 14.4 Å². The van der Waals surface area contributed by atoms with Crippen LogP contribution in [0.15, 0.2) is 9.59 Å². The van der Waals surface area contributed by atoms with Gasteiger partial charge in [0.2, 0.25) is 5.43 Å². The Morgan fingerprint density at radius 2 is 1.93 bits per heavy atom. The van der Waals surface area contributed by atoms with Crippen LogP contribution in [-0.2, 0) is 9.53 Å². The number of carbonyl (C=O) groups is 1. The van der Waals surface area contributed by atoms with Crippen molar-refractivity contribution in [2.24, 2.45) is 0 Å². The van der Waals surface area contributed by atoms with Gasteiger partial charge in [0, 0.05) is 0 Å². The molecule has 0 aliphatic rings. The van der Waals surface area contributed by atoms with E-state index in [1.807, 2.05) is 0 Å². The van der Waals surface area contributed by atoms with Crippen molar-refractivity contribution in [3.8, 4) is 5.75 Å². The van der Waals surface area contributed by atoms with Crippen molar-refractivity contribution in [2.45, 2.75) is 19.8 Å². The standard InChI is InChI=1S/C10H12O5/c1-4-15-10(13)5(2)6-7(11)8(12)9(6)14-3/h5H,4H2,1-3H3. The summed E-state index contributed by atoms with van der Waals surface area (Å²) < 4.78 is 9.48. The molecule has 0 N–H and O–H groups in total. The molecule has 0 aliphatic heterocycles. The van der Waals surface area contributed by atoms with Gasteiger partial charge in [-0.15, -0.1) is 0 Å². The Balaban J connectivity index is 2.97. The molecule has 1 atom stereocenters. The third kappa shape index (κ3) is 1.77. The highest BCUT2D eigenvalue weighted by atomic mass is 16.5. The van der Waals surface area contributed by atoms with Crippen LogP contribution >= 0.6 is 0 Å². The Bertz CT molecular complexity index is 439. The van der Waals surface area contributed by atoms with E-state index in [1.54, 1.807) is 6.92 Å². The van der Waals surface area contributed by atoms with Gasteiger partial charge in [0.1, 0.15) is 0 Å². The molecule has 0 aliphatic carbocycles. The Labute approximate surface area is 86.3 Å². The molecule has 0 saturated heterocycles. The van der Waals surface area contributed by atoms with Gasteiger partial charge >= 0.3 is 5.97 Å². The summed E-state index contributed by atoms with van der Waals surface area (Å²) in [5.74, 6) is -1.30. The Hall–Kier alpha value is -1.65. The maximum Gasteiger partial charge on any atom is 0.313 e. The molecule has 0 fully saturated rings. The first-order valence-corrected chi connectivity index (χ1v) is 4.58. The second kappa shape index (κ2) is 4.25. The van der Waals surface area contributed by atoms with E-state index in [2.05, 4.69) is 0 Å². The number of hydrogen-bond donors (Lipinski definition) is 0. The number of ether oxygens (including phenoxy) is 2. The summed E-state index contributed by atoms with van der Waals surface area (Å²) in [6.07, 6.45) is 0. The quantitative estimate of drug-likeness (QED) is 0.517. The minimum absolute atomic E-state index is 0.0273. The largest absolute Gasteiger partial charge is 0.492 e. The van der Waals surface area contributed by atoms with Crippen molar-refractivity contribution in [2.75, 3.05) is 13.7 Å². The monoisotopic (exact) mass is 212 g/mol. The van der Waals surface area contributed by atoms with E-state index >= 15 is 0 Å². The van der Waals surface area contributed by atoms with Gasteiger partial charge in [0.05, 0.1) is 25.2 Å². The average Bonchev–Trinajstić information content (AvgIpc) is 2.23. The topological polar surface area (TPSA) is 69.7 Å². The Kier molecular flexibility index (Phi) is 3.24. The second-order valence-corrected chi connectivity index (χ2v) is 3.08. The lowest BCUT2D eigenvalue weighted by atomic mass is 9.96. The lowest BCUT2D eigenvalue weighted by Crippen LogP contribution is -2.39. The molecule has 0 amide bonds. The zero-order chi connectivity index (χ0) is 11.6. The fourth-order valence-electron chi connectivity index (χ4n) is 1.37. The number of carbonyl (C=O) groups excluding carboxylic acids is 1. The van der Waals surface area contributed by atoms with E-state index < -0.39 is 22.7 Å². The van der Waals surface area contributed by atoms with E-state index in [4.69, 9.17) is 9.47 Å². The van der Waals surface area contributed by atoms with Crippen LogP contribution in [0.2, 0.25) is 0 Å². The maximum absolute atomic E-state index is 11.3. The molecule has 5 nitrogen and oxygen atoms in total. The number of hydrogen-bond acceptors (Lipinski definition) is 5. The summed E-state index contributed by atoms with van der Waals surface area (Å²) in [7, 11) is 1.29. The predicted molar refractivity (Wildman–Crippen MR) is 53.0 cm³/mol. The summed E-state index contributed by atoms with van der Waals surface area (Å²) in [6.45, 7) is 3.42. The predicted octanol–water partition coefficient (Wildman–Crippen LogP) is -0.0422. The van der Waals surface area contributed by atoms with Crippen molar-refractivity contribution in [3.63, 3.8) is 0 Å². The molecule has 5 heteroatoms. The lowest BCUT2D eigenvalue weighted by molar-refractivity contribution is -0.144. The summed E-state index contributed by atoms with van der Waals surface area (Å²) >= 11 is 0. The molecule has 0 spiro atoms. The average molecular weight is 212 g/mol. The molecular weight excluding hydrogens is 200 g/mol. The van der Waals surface area contributed by atoms with Crippen LogP contribution in [0.25, 0.3) is 0 Å². The zero-order valence-electron chi connectivity index (χ0n) is 8.83. The first-order valence-electron chi connectivity index (χ1n) is 4.58. The van der Waals surface area contributed by atoms with Crippen molar-refractivity contribution < 1.29 is 14.3 Å². The molecule has 1 rings (SSSR count). The minimum atomic E-state index is -0.745. The summed E-state index contributed by atoms with van der Waals surface area (Å²) in [4.78, 5) is 33.5. The molecule has 0 saturated carbocycles. The van der Waals surface area contributed by atoms with Gasteiger partial charge in [-0.05, 0) is 13.8 Å². The van der Waals surface area contributed by atoms with Gasteiger partial charge in [-0.1, -0.05) is 0 Å². The number of esters is 1. The Morgan fingerprint density at radius 3 is 2.40 bits per heavy atom. The van der Waals surface area contributed by atoms with Gasteiger partial charge in [-0.2, -0.15) is 0 Å². The first kappa shape index (κ1) is 11.4. The molecule has 82 valence electrons. The van der Waals surface area contributed by atoms with Crippen LogP contribution in [0.1, 0.15) is 25.3 Å². The first-order chi connectivity index (χ1) is 7.04. The fraction of sp³-hybridized carbons (Fsp3) is 0.500. The van der Waals surface area contributed by atoms with Crippen molar-refractivity contribution in [1.29, 1.82) is 0 Å². The van der Waals surface area contributed by atoms with E-state index in [1.165, 1.54) is 14.0 Å². The number of rotatable bonds is 4. The highest BCUT2D eigenvalue weighted by Crippen LogP contribution is 2.22. The van der Waals surface area contributed by atoms with Gasteiger partial charge in [-0.3, -0.25) is 14.4 Å². The molecule has 0 aromatic heterocycles. The van der Waals surface area contributed by atoms with E-state index in [-0.39, 0.29) is 17.9 Å². The zero-order valence-corrected chi connectivity index (χ0v) is 8.83. The molecule has 1 aromatic carbocycles. The Morgan fingerprint density at radius 1 is 1.33 bits per heavy atom. The van der Waals surface area contributed by atoms with Gasteiger partial charge in [0.15, 0.2) is 5.75 Å². The molecule has 0 heterocycles. The smallest absolute Gasteiger partial charge is 0.313 e. The third-order valence-electron chi connectivity index (χ3n) is 2.18. The molecule has 0 bridgehead atoms. The van der Waals surface area contributed by atoms with Crippen LogP contribution in [0.4, 0.5) is 0 Å². The van der Waals surface area contributed by atoms with Crippen LogP contribution < -0.4 is 15.6 Å². The highest BCUT2D eigenvalue weighted by Gasteiger charge is 2.31. The van der Waals surface area contributed by atoms with Crippen LogP contribution in [0, 0.1) is 0 Å². The van der Waals surface area contributed by atoms with Crippen molar-refractivity contribution >= 4 is 5.97 Å². The SMILES string of the molecule is CCOC(=O)C(C)c1c(OC)c(=O)c1=O. The minimum Gasteiger partial charge on any atom is -0.492 e. The maximum atomic E-state index is 11.3. The van der Waals surface area contributed by atoms with Crippen LogP contribution in [-0.4, -0.2) is 19.7 Å². The van der Waals surface area contributed by atoms with Crippen molar-refractivity contribution in [1.82, 2.24) is 0 Å². The summed E-state index contributed by atoms with van der Waals surface area (Å²) in [5.41, 5.74) is -1.22. The van der Waals surface area contributed by atoms with Crippen LogP contribution in [0.5, 0.6) is 5.75 Å². The second-order valence-electron chi connectivity index (χ2n) is 3.08. The molecule has 0 radical (unpaired) electrons. The normalized spacial score (nSPS) is 12.5. The van der Waals surface area contributed by atoms with Crippen molar-refractivity contribution in [3.05, 3.63) is 26.0 Å². The van der Waals surface area contributed by atoms with Gasteiger partial charge < -0.3 is 9.47 Å².